The highest BCUT2D eigenvalue weighted by Crippen LogP contribution is 2.24. The first kappa shape index (κ1) is 10.2. The van der Waals surface area contributed by atoms with Crippen LogP contribution >= 0.6 is 33.2 Å². The summed E-state index contributed by atoms with van der Waals surface area (Å²) in [5.74, 6) is 0.610. The molecule has 0 radical (unpaired) electrons. The first-order valence-corrected chi connectivity index (χ1v) is 8.56. The van der Waals surface area contributed by atoms with Gasteiger partial charge in [0.1, 0.15) is 0 Å². The van der Waals surface area contributed by atoms with Crippen LogP contribution in [0.1, 0.15) is 0 Å². The number of nitrogens with one attached hydrogen (secondary N) is 3. The smallest absolute Gasteiger partial charge is 0.337 e. The normalized spacial score (nSPS) is 19.0. The van der Waals surface area contributed by atoms with Crippen LogP contribution in [0.4, 0.5) is 0 Å². The van der Waals surface area contributed by atoms with E-state index >= 15 is 0 Å². The van der Waals surface area contributed by atoms with Gasteiger partial charge in [0.2, 0.25) is 0 Å². The summed E-state index contributed by atoms with van der Waals surface area (Å²) in [5.41, 5.74) is 0. The molecule has 1 heterocycles. The lowest BCUT2D eigenvalue weighted by Gasteiger charge is -2.22. The highest BCUT2D eigenvalue weighted by molar-refractivity contribution is 7.66. The molecule has 0 atom stereocenters. The van der Waals surface area contributed by atoms with E-state index in [1.54, 1.807) is 0 Å². The molecule has 60 valence electrons. The van der Waals surface area contributed by atoms with Crippen LogP contribution in [-0.2, 0) is 0 Å². The molecule has 1 fully saturated rings. The lowest BCUT2D eigenvalue weighted by Crippen LogP contribution is -2.64. The Labute approximate surface area is 82.7 Å². The van der Waals surface area contributed by atoms with Crippen molar-refractivity contribution in [2.24, 2.45) is 0 Å². The van der Waals surface area contributed by atoms with Crippen LogP contribution < -0.4 is 15.4 Å². The second-order valence-electron chi connectivity index (χ2n) is 2.38. The molecule has 3 nitrogen and oxygen atoms in total. The average Bonchev–Trinajstić information content (AvgIpc) is 1.85. The number of hydrogen-bond donors (Lipinski definition) is 3. The molecular weight excluding hydrogens is 221 g/mol. The van der Waals surface area contributed by atoms with Crippen molar-refractivity contribution in [3.8, 4) is 0 Å². The predicted octanol–water partition coefficient (Wildman–Crippen LogP) is -1.02. The molecule has 0 aromatic rings. The minimum Gasteiger partial charge on any atom is -0.378 e. The first-order chi connectivity index (χ1) is 5.08. The average molecular weight is 228 g/mol. The second kappa shape index (κ2) is 4.41. The van der Waals surface area contributed by atoms with Crippen LogP contribution in [0, 0.1) is 0 Å². The van der Waals surface area contributed by atoms with E-state index in [2.05, 4.69) is 15.4 Å². The molecule has 1 saturated heterocycles. The van der Waals surface area contributed by atoms with Crippen LogP contribution in [0.15, 0.2) is 0 Å². The molecule has 0 bridgehead atoms. The molecule has 0 saturated carbocycles. The van der Waals surface area contributed by atoms with E-state index in [1.165, 1.54) is 0 Å². The molecule has 0 spiro atoms. The summed E-state index contributed by atoms with van der Waals surface area (Å²) in [6.07, 6.45) is 0. The van der Waals surface area contributed by atoms with E-state index in [1.807, 2.05) is 0 Å². The van der Waals surface area contributed by atoms with Crippen molar-refractivity contribution < 1.29 is 0 Å². The largest absolute Gasteiger partial charge is 0.378 e. The summed E-state index contributed by atoms with van der Waals surface area (Å²) in [7, 11) is 1.54. The molecule has 11 heavy (non-hydrogen) atoms. The lowest BCUT2D eigenvalue weighted by atomic mass is 9.67. The van der Waals surface area contributed by atoms with Gasteiger partial charge in [-0.2, -0.15) is 0 Å². The van der Waals surface area contributed by atoms with E-state index in [4.69, 9.17) is 33.2 Å². The molecule has 0 aromatic heterocycles. The maximum absolute atomic E-state index is 5.74. The van der Waals surface area contributed by atoms with Crippen molar-refractivity contribution in [3.05, 3.63) is 0 Å². The van der Waals surface area contributed by atoms with Gasteiger partial charge in [0.25, 0.3) is 22.1 Å². The molecule has 1 aliphatic rings. The summed E-state index contributed by atoms with van der Waals surface area (Å²) in [4.78, 5) is 0. The van der Waals surface area contributed by atoms with Gasteiger partial charge in [-0.25, -0.2) is 0 Å². The van der Waals surface area contributed by atoms with Crippen LogP contribution in [0.2, 0.25) is 5.94 Å². The van der Waals surface area contributed by atoms with Gasteiger partial charge in [-0.3, -0.25) is 0 Å². The zero-order valence-electron chi connectivity index (χ0n) is 5.83. The van der Waals surface area contributed by atoms with Crippen molar-refractivity contribution in [2.45, 2.75) is 5.94 Å². The Hall–Kier alpha value is 1.16. The van der Waals surface area contributed by atoms with Crippen molar-refractivity contribution in [1.82, 2.24) is 15.4 Å². The van der Waals surface area contributed by atoms with E-state index in [0.29, 0.717) is 5.94 Å². The van der Waals surface area contributed by atoms with Crippen molar-refractivity contribution in [3.63, 3.8) is 0 Å². The fraction of sp³-hybridized carbons (Fsp3) is 1.00. The zero-order valence-corrected chi connectivity index (χ0v) is 9.10. The summed E-state index contributed by atoms with van der Waals surface area (Å²) >= 11 is 17.2. The summed E-state index contributed by atoms with van der Waals surface area (Å²) < 4.78 is 0. The van der Waals surface area contributed by atoms with E-state index in [9.17, 15) is 0 Å². The summed E-state index contributed by atoms with van der Waals surface area (Å²) in [6.45, 7) is 0.149. The van der Waals surface area contributed by atoms with Crippen LogP contribution in [0.25, 0.3) is 0 Å². The summed E-state index contributed by atoms with van der Waals surface area (Å²) in [6, 6.07) is -2.48. The van der Waals surface area contributed by atoms with Gasteiger partial charge in [-0.15, -0.1) is 33.2 Å². The Morgan fingerprint density at radius 3 is 2.18 bits per heavy atom. The standard InChI is InChI=1S/CH7B3Cl3N3Si/c5-11(6,7)1-4-9-2-8-3-10-4/h2-3,8-10H,1H2. The third kappa shape index (κ3) is 4.67. The monoisotopic (exact) mass is 227 g/mol. The van der Waals surface area contributed by atoms with Crippen molar-refractivity contribution in [2.75, 3.05) is 0 Å². The second-order valence-corrected chi connectivity index (χ2v) is 11.6. The van der Waals surface area contributed by atoms with E-state index < -0.39 is 6.00 Å². The fourth-order valence-electron chi connectivity index (χ4n) is 0.901. The third-order valence-electron chi connectivity index (χ3n) is 1.38. The molecule has 10 heteroatoms. The Kier molecular flexibility index (Phi) is 4.11. The summed E-state index contributed by atoms with van der Waals surface area (Å²) in [5, 5.41) is 9.33. The van der Waals surface area contributed by atoms with Gasteiger partial charge >= 0.3 is 6.00 Å². The molecule has 1 rings (SSSR count). The van der Waals surface area contributed by atoms with E-state index in [-0.39, 0.29) is 6.98 Å². The molecule has 1 aliphatic heterocycles. The van der Waals surface area contributed by atoms with Gasteiger partial charge in [0, 0.05) is 0 Å². The van der Waals surface area contributed by atoms with Crippen LogP contribution in [-0.4, -0.2) is 28.1 Å². The van der Waals surface area contributed by atoms with E-state index in [0.717, 1.165) is 15.1 Å². The lowest BCUT2D eigenvalue weighted by molar-refractivity contribution is 1.22. The minimum atomic E-state index is -2.48. The Morgan fingerprint density at radius 2 is 1.73 bits per heavy atom. The number of rotatable bonds is 2. The van der Waals surface area contributed by atoms with Gasteiger partial charge < -0.3 is 15.4 Å². The highest BCUT2D eigenvalue weighted by Gasteiger charge is 2.32. The van der Waals surface area contributed by atoms with Crippen LogP contribution in [0.5, 0.6) is 0 Å². The first-order valence-electron chi connectivity index (χ1n) is 3.32. The van der Waals surface area contributed by atoms with Gasteiger partial charge in [0.05, 0.1) is 0 Å². The zero-order chi connectivity index (χ0) is 8.32. The topological polar surface area (TPSA) is 36.1 Å². The maximum Gasteiger partial charge on any atom is 0.337 e. The fourth-order valence-corrected chi connectivity index (χ4v) is 3.04. The van der Waals surface area contributed by atoms with Gasteiger partial charge in [-0.05, 0) is 5.94 Å². The minimum absolute atomic E-state index is 0.149. The SMILES string of the molecule is Cl[Si](Cl)(Cl)CB1NBNBN1. The molecule has 0 aromatic carbocycles. The van der Waals surface area contributed by atoms with Gasteiger partial charge in [0.15, 0.2) is 0 Å². The quantitative estimate of drug-likeness (QED) is 0.418. The Balaban J connectivity index is 2.24. The molecule has 0 unspecified atom stereocenters. The van der Waals surface area contributed by atoms with Crippen molar-refractivity contribution in [1.29, 1.82) is 0 Å². The predicted molar refractivity (Wildman–Crippen MR) is 57.6 cm³/mol. The molecule has 0 amide bonds. The maximum atomic E-state index is 5.74. The van der Waals surface area contributed by atoms with Crippen molar-refractivity contribution >= 4 is 61.3 Å². The number of hydrogen-bond acceptors (Lipinski definition) is 3. The highest BCUT2D eigenvalue weighted by atomic mass is 35.8. The Bertz CT molecular complexity index is 125. The molecular formula is CH7B3Cl3N3Si. The Morgan fingerprint density at radius 1 is 1.18 bits per heavy atom. The number of halogens is 3. The third-order valence-corrected chi connectivity index (χ3v) is 3.64. The molecule has 0 aliphatic carbocycles. The molecule has 3 N–H and O–H groups in total. The van der Waals surface area contributed by atoms with Gasteiger partial charge in [-0.1, -0.05) is 0 Å². The van der Waals surface area contributed by atoms with Crippen LogP contribution in [0.3, 0.4) is 0 Å².